The molecule has 10 heteroatoms. The Morgan fingerprint density at radius 1 is 1.36 bits per heavy atom. The van der Waals surface area contributed by atoms with E-state index in [-0.39, 0.29) is 6.42 Å². The molecule has 0 spiro atoms. The number of aliphatic hydroxyl groups is 1. The predicted octanol–water partition coefficient (Wildman–Crippen LogP) is -2.65. The number of hydrogen-bond acceptors (Lipinski definition) is 6. The molecule has 1 rings (SSSR count). The van der Waals surface area contributed by atoms with Crippen LogP contribution in [0.3, 0.4) is 0 Å². The number of aliphatic carboxylic acids is 1. The quantitative estimate of drug-likeness (QED) is 0.304. The van der Waals surface area contributed by atoms with Crippen molar-refractivity contribution in [2.45, 2.75) is 31.5 Å². The van der Waals surface area contributed by atoms with Gasteiger partial charge in [0.1, 0.15) is 12.1 Å². The molecule has 0 bridgehead atoms. The van der Waals surface area contributed by atoms with E-state index in [1.54, 1.807) is 0 Å². The van der Waals surface area contributed by atoms with Crippen molar-refractivity contribution in [3.63, 3.8) is 0 Å². The summed E-state index contributed by atoms with van der Waals surface area (Å²) in [6, 6.07) is -3.36. The number of imidazole rings is 1. The van der Waals surface area contributed by atoms with E-state index in [0.29, 0.717) is 5.69 Å². The number of aromatic nitrogens is 2. The van der Waals surface area contributed by atoms with Gasteiger partial charge in [-0.25, -0.2) is 4.98 Å². The topological polar surface area (TPSA) is 170 Å². The first kappa shape index (κ1) is 17.6. The Labute approximate surface area is 126 Å². The summed E-state index contributed by atoms with van der Waals surface area (Å²) in [5.41, 5.74) is 6.34. The van der Waals surface area contributed by atoms with Gasteiger partial charge in [-0.05, 0) is 6.92 Å². The number of hydrogen-bond donors (Lipinski definition) is 6. The molecule has 1 aromatic heterocycles. The average Bonchev–Trinajstić information content (AvgIpc) is 2.96. The Balaban J connectivity index is 2.55. The van der Waals surface area contributed by atoms with Crippen molar-refractivity contribution in [3.05, 3.63) is 18.2 Å². The lowest BCUT2D eigenvalue weighted by Gasteiger charge is -2.19. The number of carbonyl (C=O) groups excluding carboxylic acids is 2. The van der Waals surface area contributed by atoms with Gasteiger partial charge < -0.3 is 31.6 Å². The van der Waals surface area contributed by atoms with Gasteiger partial charge >= 0.3 is 5.97 Å². The van der Waals surface area contributed by atoms with Crippen molar-refractivity contribution in [3.8, 4) is 0 Å². The van der Waals surface area contributed by atoms with Gasteiger partial charge in [-0.1, -0.05) is 0 Å². The molecule has 0 saturated heterocycles. The van der Waals surface area contributed by atoms with Crippen LogP contribution < -0.4 is 16.4 Å². The zero-order chi connectivity index (χ0) is 16.7. The molecule has 0 aliphatic heterocycles. The maximum Gasteiger partial charge on any atom is 0.325 e. The SMILES string of the molecule is C[C@H](NC(=O)[C@H](CO)NC(=O)[C@@H](N)Cc1cnc[nH]1)C(=O)O. The van der Waals surface area contributed by atoms with Crippen LogP contribution in [0.4, 0.5) is 0 Å². The second-order valence-electron chi connectivity index (χ2n) is 4.70. The summed E-state index contributed by atoms with van der Waals surface area (Å²) in [7, 11) is 0. The molecule has 2 amide bonds. The number of H-pyrrole nitrogens is 1. The van der Waals surface area contributed by atoms with E-state index in [4.69, 9.17) is 15.9 Å². The molecule has 22 heavy (non-hydrogen) atoms. The Morgan fingerprint density at radius 3 is 2.55 bits per heavy atom. The van der Waals surface area contributed by atoms with Crippen LogP contribution in [0.1, 0.15) is 12.6 Å². The number of carbonyl (C=O) groups is 3. The number of aromatic amines is 1. The molecule has 0 aliphatic carbocycles. The van der Waals surface area contributed by atoms with E-state index in [1.807, 2.05) is 0 Å². The van der Waals surface area contributed by atoms with Crippen LogP contribution >= 0.6 is 0 Å². The smallest absolute Gasteiger partial charge is 0.325 e. The standard InChI is InChI=1S/C12H19N5O5/c1-6(12(21)22)16-11(20)9(4-18)17-10(19)8(13)2-7-3-14-5-15-7/h3,5-6,8-9,18H,2,4,13H2,1H3,(H,14,15)(H,16,20)(H,17,19)(H,21,22)/t6-,8-,9-/m0/s1. The number of carboxylic acids is 1. The van der Waals surface area contributed by atoms with Crippen LogP contribution in [-0.2, 0) is 20.8 Å². The van der Waals surface area contributed by atoms with Crippen molar-refractivity contribution >= 4 is 17.8 Å². The van der Waals surface area contributed by atoms with Crippen molar-refractivity contribution in [2.24, 2.45) is 5.73 Å². The van der Waals surface area contributed by atoms with Gasteiger partial charge in [0.15, 0.2) is 0 Å². The molecule has 0 unspecified atom stereocenters. The van der Waals surface area contributed by atoms with E-state index in [1.165, 1.54) is 19.4 Å². The molecule has 0 aliphatic rings. The van der Waals surface area contributed by atoms with Gasteiger partial charge in [0.05, 0.1) is 19.0 Å². The van der Waals surface area contributed by atoms with E-state index >= 15 is 0 Å². The van der Waals surface area contributed by atoms with Gasteiger partial charge in [0.2, 0.25) is 11.8 Å². The van der Waals surface area contributed by atoms with Gasteiger partial charge in [0.25, 0.3) is 0 Å². The Hall–Kier alpha value is -2.46. The highest BCUT2D eigenvalue weighted by Gasteiger charge is 2.25. The summed E-state index contributed by atoms with van der Waals surface area (Å²) in [5, 5.41) is 22.3. The average molecular weight is 313 g/mol. The zero-order valence-corrected chi connectivity index (χ0v) is 11.9. The van der Waals surface area contributed by atoms with Crippen molar-refractivity contribution in [1.82, 2.24) is 20.6 Å². The molecule has 7 N–H and O–H groups in total. The second-order valence-corrected chi connectivity index (χ2v) is 4.70. The Bertz CT molecular complexity index is 518. The van der Waals surface area contributed by atoms with Gasteiger partial charge in [-0.3, -0.25) is 14.4 Å². The largest absolute Gasteiger partial charge is 0.480 e. The number of carboxylic acid groups (broad SMARTS) is 1. The number of nitrogens with two attached hydrogens (primary N) is 1. The minimum atomic E-state index is -1.28. The number of nitrogens with one attached hydrogen (secondary N) is 3. The Morgan fingerprint density at radius 2 is 2.05 bits per heavy atom. The van der Waals surface area contributed by atoms with Gasteiger partial charge in [0, 0.05) is 18.3 Å². The molecule has 0 saturated carbocycles. The lowest BCUT2D eigenvalue weighted by Crippen LogP contribution is -2.55. The van der Waals surface area contributed by atoms with E-state index in [9.17, 15) is 14.4 Å². The molecule has 0 fully saturated rings. The van der Waals surface area contributed by atoms with E-state index in [2.05, 4.69) is 20.6 Å². The van der Waals surface area contributed by atoms with E-state index < -0.39 is 42.5 Å². The van der Waals surface area contributed by atoms with Crippen LogP contribution in [0, 0.1) is 0 Å². The second kappa shape index (κ2) is 8.10. The molecular weight excluding hydrogens is 294 g/mol. The minimum absolute atomic E-state index is 0.178. The molecule has 3 atom stereocenters. The van der Waals surface area contributed by atoms with Crippen LogP contribution in [0.5, 0.6) is 0 Å². The molecule has 0 aromatic carbocycles. The van der Waals surface area contributed by atoms with Gasteiger partial charge in [-0.15, -0.1) is 0 Å². The lowest BCUT2D eigenvalue weighted by molar-refractivity contribution is -0.142. The lowest BCUT2D eigenvalue weighted by atomic mass is 10.1. The Kier molecular flexibility index (Phi) is 6.47. The van der Waals surface area contributed by atoms with Crippen molar-refractivity contribution in [1.29, 1.82) is 0 Å². The highest BCUT2D eigenvalue weighted by atomic mass is 16.4. The summed E-state index contributed by atoms with van der Waals surface area (Å²) >= 11 is 0. The summed E-state index contributed by atoms with van der Waals surface area (Å²) in [6.07, 6.45) is 3.13. The molecule has 1 heterocycles. The third-order valence-corrected chi connectivity index (χ3v) is 2.88. The third-order valence-electron chi connectivity index (χ3n) is 2.88. The monoisotopic (exact) mass is 313 g/mol. The highest BCUT2D eigenvalue weighted by Crippen LogP contribution is 1.97. The summed E-state index contributed by atoms with van der Waals surface area (Å²) in [5.74, 6) is -2.68. The minimum Gasteiger partial charge on any atom is -0.480 e. The van der Waals surface area contributed by atoms with Crippen LogP contribution in [-0.4, -0.2) is 62.7 Å². The first-order valence-corrected chi connectivity index (χ1v) is 6.52. The van der Waals surface area contributed by atoms with Crippen LogP contribution in [0.2, 0.25) is 0 Å². The fourth-order valence-corrected chi connectivity index (χ4v) is 1.57. The summed E-state index contributed by atoms with van der Waals surface area (Å²) < 4.78 is 0. The molecule has 122 valence electrons. The van der Waals surface area contributed by atoms with Gasteiger partial charge in [-0.2, -0.15) is 0 Å². The number of rotatable bonds is 8. The summed E-state index contributed by atoms with van der Waals surface area (Å²) in [4.78, 5) is 40.9. The first-order valence-electron chi connectivity index (χ1n) is 6.52. The molecule has 10 nitrogen and oxygen atoms in total. The normalized spacial score (nSPS) is 14.7. The number of amides is 2. The van der Waals surface area contributed by atoms with Crippen LogP contribution in [0.15, 0.2) is 12.5 Å². The number of aliphatic hydroxyl groups excluding tert-OH is 1. The number of nitrogens with zero attached hydrogens (tertiary/aromatic N) is 1. The maximum absolute atomic E-state index is 11.9. The fourth-order valence-electron chi connectivity index (χ4n) is 1.57. The third kappa shape index (κ3) is 5.14. The maximum atomic E-state index is 11.9. The summed E-state index contributed by atoms with van der Waals surface area (Å²) in [6.45, 7) is 0.584. The fraction of sp³-hybridized carbons (Fsp3) is 0.500. The van der Waals surface area contributed by atoms with Crippen molar-refractivity contribution < 1.29 is 24.6 Å². The molecule has 1 aromatic rings. The first-order chi connectivity index (χ1) is 10.3. The zero-order valence-electron chi connectivity index (χ0n) is 11.9. The molecular formula is C12H19N5O5. The van der Waals surface area contributed by atoms with Crippen molar-refractivity contribution in [2.75, 3.05) is 6.61 Å². The van der Waals surface area contributed by atoms with E-state index in [0.717, 1.165) is 0 Å². The van der Waals surface area contributed by atoms with Crippen LogP contribution in [0.25, 0.3) is 0 Å². The predicted molar refractivity (Wildman–Crippen MR) is 74.5 cm³/mol. The molecule has 0 radical (unpaired) electrons. The highest BCUT2D eigenvalue weighted by molar-refractivity contribution is 5.91.